The van der Waals surface area contributed by atoms with Crippen molar-refractivity contribution in [1.29, 1.82) is 0 Å². The van der Waals surface area contributed by atoms with E-state index >= 15 is 0 Å². The van der Waals surface area contributed by atoms with Crippen LogP contribution in [0, 0.1) is 5.92 Å². The summed E-state index contributed by atoms with van der Waals surface area (Å²) in [5.74, 6) is -0.0433. The van der Waals surface area contributed by atoms with Gasteiger partial charge in [0.15, 0.2) is 0 Å². The molecule has 1 aromatic carbocycles. The Kier molecular flexibility index (Phi) is 4.80. The number of para-hydroxylation sites is 1. The number of amides is 1. The summed E-state index contributed by atoms with van der Waals surface area (Å²) < 4.78 is 0. The third-order valence-electron chi connectivity index (χ3n) is 4.86. The van der Waals surface area contributed by atoms with E-state index in [9.17, 15) is 4.79 Å². The minimum absolute atomic E-state index is 0.261. The molecule has 1 aromatic heterocycles. The topological polar surface area (TPSA) is 92.4 Å². The number of aromatic nitrogens is 1. The molecular weight excluding hydrogens is 338 g/mol. The van der Waals surface area contributed by atoms with E-state index in [1.165, 1.54) is 0 Å². The van der Waals surface area contributed by atoms with Gasteiger partial charge < -0.3 is 11.1 Å². The molecule has 1 amide bonds. The monoisotopic (exact) mass is 359 g/mol. The smallest absolute Gasteiger partial charge is 0.257 e. The Balaban J connectivity index is 1.37. The number of carbonyl (C=O) groups is 1. The van der Waals surface area contributed by atoms with E-state index < -0.39 is 6.04 Å². The van der Waals surface area contributed by atoms with Crippen LogP contribution >= 0.6 is 0 Å². The van der Waals surface area contributed by atoms with Gasteiger partial charge in [0, 0.05) is 23.1 Å². The third-order valence-corrected chi connectivity index (χ3v) is 4.86. The molecule has 6 nitrogen and oxygen atoms in total. The first-order valence-electron chi connectivity index (χ1n) is 8.94. The number of allylic oxidation sites excluding steroid dienone is 2. The van der Waals surface area contributed by atoms with Gasteiger partial charge in [-0.25, -0.2) is 5.43 Å². The Labute approximate surface area is 157 Å². The van der Waals surface area contributed by atoms with Crippen LogP contribution in [0.2, 0.25) is 0 Å². The fraction of sp³-hybridized carbons (Fsp3) is 0.190. The number of benzene rings is 1. The molecule has 27 heavy (non-hydrogen) atoms. The minimum atomic E-state index is -0.654. The minimum Gasteiger partial charge on any atom is -0.384 e. The molecule has 0 fully saturated rings. The number of nitrogens with two attached hydrogens (primary N) is 1. The Hall–Kier alpha value is -3.25. The summed E-state index contributed by atoms with van der Waals surface area (Å²) in [4.78, 5) is 16.7. The van der Waals surface area contributed by atoms with Gasteiger partial charge in [0.2, 0.25) is 0 Å². The van der Waals surface area contributed by atoms with E-state index in [4.69, 9.17) is 5.73 Å². The fourth-order valence-electron chi connectivity index (χ4n) is 3.44. The highest BCUT2D eigenvalue weighted by Gasteiger charge is 2.29. The van der Waals surface area contributed by atoms with Crippen molar-refractivity contribution in [2.75, 3.05) is 0 Å². The number of fused-ring (bicyclic) bond motifs is 2. The summed E-state index contributed by atoms with van der Waals surface area (Å²) >= 11 is 0. The van der Waals surface area contributed by atoms with Gasteiger partial charge in [0.05, 0.1) is 23.8 Å². The number of rotatable bonds is 5. The fourth-order valence-corrected chi connectivity index (χ4v) is 3.44. The van der Waals surface area contributed by atoms with Crippen molar-refractivity contribution in [3.8, 4) is 0 Å². The molecular formula is C21H21N5O. The number of nitrogens with zero attached hydrogens (tertiary/aromatic N) is 2. The van der Waals surface area contributed by atoms with Crippen LogP contribution in [-0.4, -0.2) is 29.2 Å². The standard InChI is InChI=1S/C21H21N5O/c22-18(11-16-12-24-19-9-2-1-8-17(16)19)21(27)26-25-13-15-6-3-5-14-7-4-10-23-20(14)15/h1-10,12-13,17-19,24H,11,22H2,(H,26,27)/b25-13-/t17-,18-,19-/m1/s1. The second-order valence-electron chi connectivity index (χ2n) is 6.67. The molecule has 3 atom stereocenters. The largest absolute Gasteiger partial charge is 0.384 e. The van der Waals surface area contributed by atoms with Crippen molar-refractivity contribution in [1.82, 2.24) is 15.7 Å². The summed E-state index contributed by atoms with van der Waals surface area (Å²) in [6.45, 7) is 0. The van der Waals surface area contributed by atoms with Gasteiger partial charge in [-0.1, -0.05) is 48.6 Å². The lowest BCUT2D eigenvalue weighted by molar-refractivity contribution is -0.122. The third kappa shape index (κ3) is 3.66. The summed E-state index contributed by atoms with van der Waals surface area (Å²) in [6, 6.07) is 9.30. The van der Waals surface area contributed by atoms with Crippen LogP contribution in [-0.2, 0) is 4.79 Å². The highest BCUT2D eigenvalue weighted by atomic mass is 16.2. The van der Waals surface area contributed by atoms with Gasteiger partial charge in [-0.3, -0.25) is 9.78 Å². The molecule has 136 valence electrons. The van der Waals surface area contributed by atoms with Crippen LogP contribution in [0.4, 0.5) is 0 Å². The molecule has 1 aliphatic heterocycles. The summed E-state index contributed by atoms with van der Waals surface area (Å²) in [7, 11) is 0. The first kappa shape index (κ1) is 17.2. The predicted octanol–water partition coefficient (Wildman–Crippen LogP) is 2.00. The van der Waals surface area contributed by atoms with Crippen LogP contribution in [0.5, 0.6) is 0 Å². The number of hydrogen-bond donors (Lipinski definition) is 3. The zero-order valence-electron chi connectivity index (χ0n) is 14.7. The maximum Gasteiger partial charge on any atom is 0.257 e. The van der Waals surface area contributed by atoms with Crippen LogP contribution in [0.3, 0.4) is 0 Å². The Morgan fingerprint density at radius 1 is 1.30 bits per heavy atom. The van der Waals surface area contributed by atoms with E-state index in [2.05, 4.69) is 33.0 Å². The second kappa shape index (κ2) is 7.55. The van der Waals surface area contributed by atoms with Gasteiger partial charge in [-0.2, -0.15) is 5.10 Å². The van der Waals surface area contributed by atoms with Crippen LogP contribution in [0.15, 0.2) is 77.7 Å². The molecule has 0 spiro atoms. The van der Waals surface area contributed by atoms with Gasteiger partial charge >= 0.3 is 0 Å². The zero-order chi connectivity index (χ0) is 18.6. The lowest BCUT2D eigenvalue weighted by Gasteiger charge is -2.20. The molecule has 0 unspecified atom stereocenters. The predicted molar refractivity (Wildman–Crippen MR) is 107 cm³/mol. The summed E-state index contributed by atoms with van der Waals surface area (Å²) in [5, 5.41) is 8.40. The summed E-state index contributed by atoms with van der Waals surface area (Å²) in [6.07, 6.45) is 14.1. The van der Waals surface area contributed by atoms with E-state index in [0.29, 0.717) is 6.42 Å². The molecule has 1 aliphatic carbocycles. The maximum absolute atomic E-state index is 12.3. The van der Waals surface area contributed by atoms with Crippen molar-refractivity contribution in [3.63, 3.8) is 0 Å². The molecule has 2 aromatic rings. The Morgan fingerprint density at radius 3 is 3.07 bits per heavy atom. The Morgan fingerprint density at radius 2 is 2.15 bits per heavy atom. The number of carbonyl (C=O) groups excluding carboxylic acids is 1. The molecule has 2 aliphatic rings. The van der Waals surface area contributed by atoms with Crippen molar-refractivity contribution in [2.45, 2.75) is 18.5 Å². The normalized spacial score (nSPS) is 21.7. The van der Waals surface area contributed by atoms with E-state index in [0.717, 1.165) is 22.0 Å². The first-order valence-corrected chi connectivity index (χ1v) is 8.94. The molecule has 0 saturated carbocycles. The molecule has 4 N–H and O–H groups in total. The average molecular weight is 359 g/mol. The molecule has 0 bridgehead atoms. The molecule has 6 heteroatoms. The van der Waals surface area contributed by atoms with Gasteiger partial charge in [-0.05, 0) is 24.3 Å². The van der Waals surface area contributed by atoms with Crippen LogP contribution in [0.1, 0.15) is 12.0 Å². The lowest BCUT2D eigenvalue weighted by atomic mass is 9.88. The maximum atomic E-state index is 12.3. The number of nitrogens with one attached hydrogen (secondary N) is 2. The highest BCUT2D eigenvalue weighted by molar-refractivity contribution is 5.97. The van der Waals surface area contributed by atoms with Crippen molar-refractivity contribution in [3.05, 3.63) is 78.2 Å². The van der Waals surface area contributed by atoms with Gasteiger partial charge in [0.1, 0.15) is 0 Å². The van der Waals surface area contributed by atoms with E-state index in [1.807, 2.05) is 48.7 Å². The molecule has 0 radical (unpaired) electrons. The number of hydrazone groups is 1. The van der Waals surface area contributed by atoms with Crippen LogP contribution < -0.4 is 16.5 Å². The van der Waals surface area contributed by atoms with E-state index in [1.54, 1.807) is 12.4 Å². The SMILES string of the molecule is N[C@H](CC1=CN[C@@H]2C=CC=C[C@H]12)C(=O)N/N=C\c1cccc2cccnc12. The van der Waals surface area contributed by atoms with Crippen molar-refractivity contribution in [2.24, 2.45) is 16.8 Å². The summed E-state index contributed by atoms with van der Waals surface area (Å²) in [5.41, 5.74) is 11.4. The first-order chi connectivity index (χ1) is 13.2. The second-order valence-corrected chi connectivity index (χ2v) is 6.67. The van der Waals surface area contributed by atoms with Crippen molar-refractivity contribution < 1.29 is 4.79 Å². The van der Waals surface area contributed by atoms with Crippen LogP contribution in [0.25, 0.3) is 10.9 Å². The Bertz CT molecular complexity index is 970. The van der Waals surface area contributed by atoms with Crippen molar-refractivity contribution >= 4 is 23.0 Å². The highest BCUT2D eigenvalue weighted by Crippen LogP contribution is 2.28. The molecule has 4 rings (SSSR count). The average Bonchev–Trinajstić information content (AvgIpc) is 3.11. The van der Waals surface area contributed by atoms with Gasteiger partial charge in [-0.15, -0.1) is 0 Å². The lowest BCUT2D eigenvalue weighted by Crippen LogP contribution is -2.39. The zero-order valence-corrected chi connectivity index (χ0v) is 14.7. The van der Waals surface area contributed by atoms with E-state index in [-0.39, 0.29) is 17.9 Å². The molecule has 0 saturated heterocycles. The number of hydrogen-bond acceptors (Lipinski definition) is 5. The number of pyridine rings is 1. The molecule has 2 heterocycles. The quantitative estimate of drug-likeness (QED) is 0.562. The van der Waals surface area contributed by atoms with Gasteiger partial charge in [0.25, 0.3) is 5.91 Å².